The molecule has 3 aromatic rings. The van der Waals surface area contributed by atoms with Crippen molar-refractivity contribution in [3.63, 3.8) is 0 Å². The molecule has 3 aromatic carbocycles. The molecule has 0 radical (unpaired) electrons. The monoisotopic (exact) mass is 518 g/mol. The average molecular weight is 519 g/mol. The highest BCUT2D eigenvalue weighted by molar-refractivity contribution is 7.48. The van der Waals surface area contributed by atoms with Crippen molar-refractivity contribution in [1.82, 2.24) is 0 Å². The fraction of sp³-hybridized carbons (Fsp3) is 0.471. The number of rotatable bonds is 12. The first-order valence-electron chi connectivity index (χ1n) is 14.0. The van der Waals surface area contributed by atoms with Crippen LogP contribution in [0.1, 0.15) is 108 Å². The van der Waals surface area contributed by atoms with Crippen molar-refractivity contribution in [2.45, 2.75) is 104 Å². The van der Waals surface area contributed by atoms with Crippen LogP contribution in [0.15, 0.2) is 66.7 Å². The molecule has 0 bridgehead atoms. The molecule has 200 valence electrons. The van der Waals surface area contributed by atoms with Crippen molar-refractivity contribution in [2.75, 3.05) is 0 Å². The van der Waals surface area contributed by atoms with Crippen LogP contribution in [0.4, 0.5) is 0 Å². The number of aliphatic hydroxyl groups is 1. The van der Waals surface area contributed by atoms with E-state index in [2.05, 4.69) is 102 Å². The van der Waals surface area contributed by atoms with Crippen molar-refractivity contribution in [3.05, 3.63) is 94.5 Å². The van der Waals surface area contributed by atoms with E-state index in [1.807, 2.05) is 13.0 Å². The van der Waals surface area contributed by atoms with Gasteiger partial charge in [-0.2, -0.15) is 0 Å². The molecule has 3 heteroatoms. The lowest BCUT2D eigenvalue weighted by molar-refractivity contribution is 0.200. The largest absolute Gasteiger partial charge is 0.488 e. The Morgan fingerprint density at radius 2 is 1.59 bits per heavy atom. The number of aliphatic hydroxyl groups excluding tert-OH is 1. The van der Waals surface area contributed by atoms with Gasteiger partial charge >= 0.3 is 0 Å². The van der Waals surface area contributed by atoms with Gasteiger partial charge in [-0.1, -0.05) is 129 Å². The van der Waals surface area contributed by atoms with E-state index >= 15 is 0 Å². The highest BCUT2D eigenvalue weighted by Gasteiger charge is 2.36. The van der Waals surface area contributed by atoms with E-state index in [4.69, 9.17) is 4.74 Å². The molecule has 2 nitrogen and oxygen atoms in total. The standard InChI is InChI=1S/C34H47O2P/c1-8-10-16-21-34(9-2,37-31-20-15-14-19-29(31)26(4)35)30-23-28(33(5,6)7)22-25(3)32(30)36-24-27-17-12-11-13-18-27/h11-15,17-20,22-23,26,35,37H,8-10,16,21,24H2,1-7H3. The SMILES string of the molecule is CCCCCC(CC)(Pc1ccccc1C(C)O)c1cc(C(C)(C)C)cc(C)c1OCc1ccccc1. The van der Waals surface area contributed by atoms with E-state index < -0.39 is 6.10 Å². The Morgan fingerprint density at radius 1 is 0.919 bits per heavy atom. The molecule has 1 N–H and O–H groups in total. The summed E-state index contributed by atoms with van der Waals surface area (Å²) in [4.78, 5) is 0. The molecule has 0 aliphatic carbocycles. The first-order chi connectivity index (χ1) is 17.6. The number of benzene rings is 3. The number of hydrogen-bond acceptors (Lipinski definition) is 2. The summed E-state index contributed by atoms with van der Waals surface area (Å²) in [7, 11) is 0.550. The molecule has 3 rings (SSSR count). The maximum absolute atomic E-state index is 10.6. The van der Waals surface area contributed by atoms with E-state index in [1.54, 1.807) is 0 Å². The summed E-state index contributed by atoms with van der Waals surface area (Å²) in [6, 6.07) is 23.7. The zero-order chi connectivity index (χ0) is 27.1. The van der Waals surface area contributed by atoms with Gasteiger partial charge in [-0.3, -0.25) is 0 Å². The van der Waals surface area contributed by atoms with E-state index in [-0.39, 0.29) is 10.6 Å². The fourth-order valence-electron chi connectivity index (χ4n) is 5.11. The molecule has 0 saturated heterocycles. The molecule has 0 aliphatic heterocycles. The highest BCUT2D eigenvalue weighted by atomic mass is 31.1. The lowest BCUT2D eigenvalue weighted by atomic mass is 9.80. The Bertz CT molecular complexity index is 1130. The molecule has 37 heavy (non-hydrogen) atoms. The smallest absolute Gasteiger partial charge is 0.126 e. The average Bonchev–Trinajstić information content (AvgIpc) is 2.87. The lowest BCUT2D eigenvalue weighted by Crippen LogP contribution is -2.26. The van der Waals surface area contributed by atoms with Gasteiger partial charge in [0.2, 0.25) is 0 Å². The summed E-state index contributed by atoms with van der Waals surface area (Å²) in [5, 5.41) is 11.8. The van der Waals surface area contributed by atoms with E-state index in [9.17, 15) is 5.11 Å². The van der Waals surface area contributed by atoms with Crippen LogP contribution < -0.4 is 10.0 Å². The zero-order valence-corrected chi connectivity index (χ0v) is 25.0. The predicted molar refractivity (Wildman–Crippen MR) is 162 cm³/mol. The summed E-state index contributed by atoms with van der Waals surface area (Å²) >= 11 is 0. The quantitative estimate of drug-likeness (QED) is 0.191. The minimum atomic E-state index is -0.481. The third-order valence-electron chi connectivity index (χ3n) is 7.48. The molecule has 3 unspecified atom stereocenters. The molecule has 0 amide bonds. The van der Waals surface area contributed by atoms with Gasteiger partial charge in [0.25, 0.3) is 0 Å². The summed E-state index contributed by atoms with van der Waals surface area (Å²) < 4.78 is 6.71. The Kier molecular flexibility index (Phi) is 10.4. The highest BCUT2D eigenvalue weighted by Crippen LogP contribution is 2.53. The van der Waals surface area contributed by atoms with Crippen LogP contribution in [-0.2, 0) is 17.2 Å². The first kappa shape index (κ1) is 29.4. The van der Waals surface area contributed by atoms with Crippen molar-refractivity contribution in [3.8, 4) is 5.75 Å². The van der Waals surface area contributed by atoms with Crippen LogP contribution in [0, 0.1) is 6.92 Å². The summed E-state index contributed by atoms with van der Waals surface area (Å²) in [5.41, 5.74) is 6.17. The molecule has 0 aliphatic rings. The minimum Gasteiger partial charge on any atom is -0.488 e. The second-order valence-electron chi connectivity index (χ2n) is 11.5. The van der Waals surface area contributed by atoms with E-state index in [0.29, 0.717) is 15.2 Å². The Morgan fingerprint density at radius 3 is 2.22 bits per heavy atom. The van der Waals surface area contributed by atoms with Gasteiger partial charge in [-0.05, 0) is 59.7 Å². The van der Waals surface area contributed by atoms with Crippen LogP contribution in [0.3, 0.4) is 0 Å². The number of unbranched alkanes of at least 4 members (excludes halogenated alkanes) is 2. The molecule has 0 aromatic heterocycles. The first-order valence-corrected chi connectivity index (χ1v) is 15.0. The second kappa shape index (κ2) is 13.1. The second-order valence-corrected chi connectivity index (χ2v) is 13.2. The molecular formula is C34H47O2P. The Balaban J connectivity index is 2.20. The predicted octanol–water partition coefficient (Wildman–Crippen LogP) is 9.11. The summed E-state index contributed by atoms with van der Waals surface area (Å²) in [6.07, 6.45) is 5.26. The molecule has 3 atom stereocenters. The molecular weight excluding hydrogens is 471 g/mol. The van der Waals surface area contributed by atoms with Crippen LogP contribution in [-0.4, -0.2) is 5.11 Å². The minimum absolute atomic E-state index is 0.0427. The maximum Gasteiger partial charge on any atom is 0.126 e. The topological polar surface area (TPSA) is 29.5 Å². The molecule has 0 heterocycles. The van der Waals surface area contributed by atoms with E-state index in [0.717, 1.165) is 24.2 Å². The van der Waals surface area contributed by atoms with Crippen molar-refractivity contribution >= 4 is 13.9 Å². The summed E-state index contributed by atoms with van der Waals surface area (Å²) in [5.74, 6) is 1.04. The number of ether oxygens (including phenoxy) is 1. The number of aryl methyl sites for hydroxylation is 1. The normalized spacial score (nSPS) is 14.6. The van der Waals surface area contributed by atoms with Crippen LogP contribution in [0.5, 0.6) is 5.75 Å². The van der Waals surface area contributed by atoms with Crippen LogP contribution in [0.25, 0.3) is 0 Å². The van der Waals surface area contributed by atoms with Crippen LogP contribution in [0.2, 0.25) is 0 Å². The molecule has 0 saturated carbocycles. The van der Waals surface area contributed by atoms with Crippen LogP contribution >= 0.6 is 8.58 Å². The molecule has 0 fully saturated rings. The number of hydrogen-bond donors (Lipinski definition) is 1. The zero-order valence-electron chi connectivity index (χ0n) is 24.0. The van der Waals surface area contributed by atoms with Gasteiger partial charge < -0.3 is 9.84 Å². The van der Waals surface area contributed by atoms with Gasteiger partial charge in [0, 0.05) is 10.7 Å². The lowest BCUT2D eigenvalue weighted by Gasteiger charge is -2.38. The van der Waals surface area contributed by atoms with Crippen molar-refractivity contribution in [2.24, 2.45) is 0 Å². The van der Waals surface area contributed by atoms with Gasteiger partial charge in [-0.25, -0.2) is 0 Å². The van der Waals surface area contributed by atoms with Gasteiger partial charge in [-0.15, -0.1) is 0 Å². The van der Waals surface area contributed by atoms with Gasteiger partial charge in [0.05, 0.1) is 6.10 Å². The van der Waals surface area contributed by atoms with Crippen molar-refractivity contribution in [1.29, 1.82) is 0 Å². The summed E-state index contributed by atoms with van der Waals surface area (Å²) in [6.45, 7) is 16.2. The van der Waals surface area contributed by atoms with E-state index in [1.165, 1.54) is 46.8 Å². The van der Waals surface area contributed by atoms with Gasteiger partial charge in [0.1, 0.15) is 12.4 Å². The van der Waals surface area contributed by atoms with Gasteiger partial charge in [0.15, 0.2) is 0 Å². The molecule has 0 spiro atoms. The maximum atomic E-state index is 10.6. The Labute approximate surface area is 227 Å². The third kappa shape index (κ3) is 7.46. The Hall–Kier alpha value is -2.15. The fourth-order valence-corrected chi connectivity index (χ4v) is 7.04. The third-order valence-corrected chi connectivity index (χ3v) is 9.55. The van der Waals surface area contributed by atoms with Crippen molar-refractivity contribution < 1.29 is 9.84 Å².